The van der Waals surface area contributed by atoms with Crippen LogP contribution in [0.2, 0.25) is 0 Å². The first-order valence-electron chi connectivity index (χ1n) is 7.33. The molecule has 3 fully saturated rings. The molecule has 6 heteroatoms. The van der Waals surface area contributed by atoms with Crippen molar-refractivity contribution in [1.29, 1.82) is 0 Å². The molecular weight excluding hydrogens is 276 g/mol. The fourth-order valence-electron chi connectivity index (χ4n) is 3.16. The van der Waals surface area contributed by atoms with Crippen LogP contribution in [-0.2, 0) is 28.4 Å². The van der Waals surface area contributed by atoms with Crippen LogP contribution in [0.4, 0.5) is 0 Å². The van der Waals surface area contributed by atoms with Gasteiger partial charge in [-0.05, 0) is 27.7 Å². The molecule has 120 valence electrons. The first-order valence-corrected chi connectivity index (χ1v) is 7.33. The Hall–Kier alpha value is -0.500. The summed E-state index contributed by atoms with van der Waals surface area (Å²) < 4.78 is 35.5. The molecule has 0 unspecified atom stereocenters. The zero-order valence-corrected chi connectivity index (χ0v) is 13.1. The largest absolute Gasteiger partial charge is 0.366 e. The predicted molar refractivity (Wildman–Crippen MR) is 73.6 cm³/mol. The van der Waals surface area contributed by atoms with Crippen LogP contribution < -0.4 is 0 Å². The van der Waals surface area contributed by atoms with Gasteiger partial charge in [0.25, 0.3) is 0 Å². The Kier molecular flexibility index (Phi) is 3.67. The van der Waals surface area contributed by atoms with Crippen molar-refractivity contribution in [3.63, 3.8) is 0 Å². The molecule has 0 aromatic rings. The Morgan fingerprint density at radius 2 is 1.90 bits per heavy atom. The third kappa shape index (κ3) is 2.76. The van der Waals surface area contributed by atoms with E-state index in [0.717, 1.165) is 0 Å². The van der Waals surface area contributed by atoms with E-state index in [-0.39, 0.29) is 12.2 Å². The molecule has 3 aliphatic rings. The number of hydrogen-bond donors (Lipinski definition) is 0. The fourth-order valence-corrected chi connectivity index (χ4v) is 3.16. The van der Waals surface area contributed by atoms with Crippen LogP contribution in [-0.4, -0.2) is 55.5 Å². The van der Waals surface area contributed by atoms with E-state index < -0.39 is 23.5 Å². The summed E-state index contributed by atoms with van der Waals surface area (Å²) in [6.07, 6.45) is 0.830. The van der Waals surface area contributed by atoms with E-state index in [1.807, 2.05) is 27.7 Å². The molecule has 0 aliphatic carbocycles. The van der Waals surface area contributed by atoms with Gasteiger partial charge in [-0.25, -0.2) is 0 Å². The topological polar surface area (TPSA) is 55.4 Å². The summed E-state index contributed by atoms with van der Waals surface area (Å²) in [5, 5.41) is 0. The van der Waals surface area contributed by atoms with Crippen molar-refractivity contribution >= 4 is 0 Å². The maximum absolute atomic E-state index is 6.02. The summed E-state index contributed by atoms with van der Waals surface area (Å²) in [7, 11) is 0. The molecule has 1 spiro atoms. The van der Waals surface area contributed by atoms with Crippen molar-refractivity contribution < 1.29 is 28.4 Å². The van der Waals surface area contributed by atoms with Gasteiger partial charge in [-0.3, -0.25) is 0 Å². The van der Waals surface area contributed by atoms with Crippen molar-refractivity contribution in [2.24, 2.45) is 0 Å². The van der Waals surface area contributed by atoms with E-state index in [2.05, 4.69) is 6.58 Å². The second kappa shape index (κ2) is 5.01. The number of rotatable bonds is 3. The van der Waals surface area contributed by atoms with E-state index in [9.17, 15) is 0 Å². The molecular formula is C15H24O6. The predicted octanol–water partition coefficient (Wildman–Crippen LogP) is 1.59. The lowest BCUT2D eigenvalue weighted by atomic mass is 9.97. The molecule has 0 radical (unpaired) electrons. The van der Waals surface area contributed by atoms with Gasteiger partial charge in [-0.15, -0.1) is 6.58 Å². The fraction of sp³-hybridized carbons (Fsp3) is 0.867. The SMILES string of the molecule is C=CCO[C@H]1[C@@H]2OC(C)(C)O[C@@H]2CO[C@]12COC(C)(C)O2. The zero-order chi connectivity index (χ0) is 15.3. The van der Waals surface area contributed by atoms with E-state index in [1.165, 1.54) is 0 Å². The summed E-state index contributed by atoms with van der Waals surface area (Å²) >= 11 is 0. The van der Waals surface area contributed by atoms with E-state index in [0.29, 0.717) is 19.8 Å². The monoisotopic (exact) mass is 300 g/mol. The molecule has 4 atom stereocenters. The maximum atomic E-state index is 6.02. The van der Waals surface area contributed by atoms with E-state index >= 15 is 0 Å². The van der Waals surface area contributed by atoms with Crippen molar-refractivity contribution in [2.75, 3.05) is 19.8 Å². The smallest absolute Gasteiger partial charge is 0.224 e. The summed E-state index contributed by atoms with van der Waals surface area (Å²) in [6.45, 7) is 12.3. The van der Waals surface area contributed by atoms with E-state index in [1.54, 1.807) is 6.08 Å². The van der Waals surface area contributed by atoms with Gasteiger partial charge in [0.2, 0.25) is 5.79 Å². The van der Waals surface area contributed by atoms with Gasteiger partial charge < -0.3 is 28.4 Å². The molecule has 3 aliphatic heterocycles. The first-order chi connectivity index (χ1) is 9.77. The van der Waals surface area contributed by atoms with Crippen LogP contribution in [0.1, 0.15) is 27.7 Å². The van der Waals surface area contributed by atoms with Gasteiger partial charge in [0.05, 0.1) is 13.2 Å². The molecule has 3 heterocycles. The summed E-state index contributed by atoms with van der Waals surface area (Å²) in [5.74, 6) is -2.33. The lowest BCUT2D eigenvalue weighted by Gasteiger charge is -2.43. The number of hydrogen-bond acceptors (Lipinski definition) is 6. The highest BCUT2D eigenvalue weighted by molar-refractivity contribution is 5.02. The molecule has 3 saturated heterocycles. The Labute approximate surface area is 125 Å². The second-order valence-corrected chi connectivity index (χ2v) is 6.59. The molecule has 6 nitrogen and oxygen atoms in total. The second-order valence-electron chi connectivity index (χ2n) is 6.59. The number of fused-ring (bicyclic) bond motifs is 1. The molecule has 0 bridgehead atoms. The van der Waals surface area contributed by atoms with Crippen LogP contribution in [0.25, 0.3) is 0 Å². The van der Waals surface area contributed by atoms with Crippen LogP contribution in [0, 0.1) is 0 Å². The van der Waals surface area contributed by atoms with Gasteiger partial charge >= 0.3 is 0 Å². The minimum Gasteiger partial charge on any atom is -0.366 e. The van der Waals surface area contributed by atoms with Crippen molar-refractivity contribution in [2.45, 2.75) is 63.4 Å². The average molecular weight is 300 g/mol. The highest BCUT2D eigenvalue weighted by atomic mass is 16.9. The summed E-state index contributed by atoms with van der Waals surface area (Å²) in [5.41, 5.74) is 0. The normalized spacial score (nSPS) is 43.9. The van der Waals surface area contributed by atoms with Crippen LogP contribution in [0.5, 0.6) is 0 Å². The Balaban J connectivity index is 1.86. The van der Waals surface area contributed by atoms with Gasteiger partial charge in [-0.2, -0.15) is 0 Å². The highest BCUT2D eigenvalue weighted by Gasteiger charge is 2.63. The van der Waals surface area contributed by atoms with Gasteiger partial charge in [0, 0.05) is 0 Å². The minimum absolute atomic E-state index is 0.173. The van der Waals surface area contributed by atoms with Crippen molar-refractivity contribution in [3.05, 3.63) is 12.7 Å². The lowest BCUT2D eigenvalue weighted by molar-refractivity contribution is -0.332. The third-order valence-corrected chi connectivity index (χ3v) is 3.88. The Bertz CT molecular complexity index is 418. The zero-order valence-electron chi connectivity index (χ0n) is 13.1. The summed E-state index contributed by atoms with van der Waals surface area (Å²) in [4.78, 5) is 0. The molecule has 0 N–H and O–H groups in total. The highest BCUT2D eigenvalue weighted by Crippen LogP contribution is 2.45. The standard InChI is InChI=1S/C15H24O6/c1-6-7-16-12-11-10(19-14(4,5)20-11)8-17-15(12)9-18-13(2,3)21-15/h6,10-12H,1,7-9H2,2-5H3/t10-,11-,12+,15+/m1/s1. The minimum atomic E-state index is -0.961. The molecule has 0 aromatic carbocycles. The van der Waals surface area contributed by atoms with Crippen molar-refractivity contribution in [1.82, 2.24) is 0 Å². The van der Waals surface area contributed by atoms with Gasteiger partial charge in [0.1, 0.15) is 24.9 Å². The van der Waals surface area contributed by atoms with Gasteiger partial charge in [-0.1, -0.05) is 6.08 Å². The first kappa shape index (κ1) is 15.4. The molecule has 0 saturated carbocycles. The Morgan fingerprint density at radius 1 is 1.14 bits per heavy atom. The maximum Gasteiger partial charge on any atom is 0.224 e. The average Bonchev–Trinajstić information content (AvgIpc) is 2.85. The molecule has 3 rings (SSSR count). The lowest BCUT2D eigenvalue weighted by Crippen LogP contribution is -2.62. The number of ether oxygens (including phenoxy) is 6. The summed E-state index contributed by atoms with van der Waals surface area (Å²) in [6, 6.07) is 0. The molecule has 0 aromatic heterocycles. The van der Waals surface area contributed by atoms with Crippen LogP contribution in [0.15, 0.2) is 12.7 Å². The van der Waals surface area contributed by atoms with Crippen LogP contribution >= 0.6 is 0 Å². The van der Waals surface area contributed by atoms with Crippen molar-refractivity contribution in [3.8, 4) is 0 Å². The molecule has 21 heavy (non-hydrogen) atoms. The van der Waals surface area contributed by atoms with Crippen LogP contribution in [0.3, 0.4) is 0 Å². The quantitative estimate of drug-likeness (QED) is 0.738. The van der Waals surface area contributed by atoms with E-state index in [4.69, 9.17) is 28.4 Å². The van der Waals surface area contributed by atoms with Gasteiger partial charge in [0.15, 0.2) is 11.6 Å². The Morgan fingerprint density at radius 3 is 2.52 bits per heavy atom. The third-order valence-electron chi connectivity index (χ3n) is 3.88. The molecule has 0 amide bonds.